The number of aromatic nitrogens is 2. The number of fused-ring (bicyclic) bond motifs is 1. The minimum atomic E-state index is -0.173. The van der Waals surface area contributed by atoms with Crippen LogP contribution in [0.3, 0.4) is 0 Å². The van der Waals surface area contributed by atoms with Crippen LogP contribution in [-0.2, 0) is 10.5 Å². The fourth-order valence-corrected chi connectivity index (χ4v) is 3.38. The van der Waals surface area contributed by atoms with Gasteiger partial charge in [-0.3, -0.25) is 10.2 Å². The van der Waals surface area contributed by atoms with E-state index in [0.717, 1.165) is 11.4 Å². The molecule has 2 unspecified atom stereocenters. The molecule has 0 saturated carbocycles. The van der Waals surface area contributed by atoms with E-state index in [9.17, 15) is 4.79 Å². The molecule has 0 aliphatic carbocycles. The summed E-state index contributed by atoms with van der Waals surface area (Å²) in [4.78, 5) is 16.5. The summed E-state index contributed by atoms with van der Waals surface area (Å²) in [5.41, 5.74) is 7.94. The predicted octanol–water partition coefficient (Wildman–Crippen LogP) is 0.641. The highest BCUT2D eigenvalue weighted by Gasteiger charge is 2.36. The largest absolute Gasteiger partial charge is 0.305 e. The van der Waals surface area contributed by atoms with Gasteiger partial charge < -0.3 is 5.32 Å². The van der Waals surface area contributed by atoms with E-state index in [1.54, 1.807) is 0 Å². The van der Waals surface area contributed by atoms with Crippen molar-refractivity contribution in [2.75, 3.05) is 6.54 Å². The fourth-order valence-electron chi connectivity index (χ4n) is 2.58. The van der Waals surface area contributed by atoms with Crippen molar-refractivity contribution in [3.8, 4) is 5.69 Å². The molecule has 1 fully saturated rings. The van der Waals surface area contributed by atoms with Gasteiger partial charge in [0, 0.05) is 18.5 Å². The summed E-state index contributed by atoms with van der Waals surface area (Å²) >= 11 is 1.49. The molecule has 23 heavy (non-hydrogen) atoms. The van der Waals surface area contributed by atoms with E-state index >= 15 is 0 Å². The van der Waals surface area contributed by atoms with Crippen molar-refractivity contribution in [2.24, 2.45) is 10.9 Å². The van der Waals surface area contributed by atoms with E-state index in [0.29, 0.717) is 17.5 Å². The lowest BCUT2D eigenvalue weighted by atomic mass is 10.1. The van der Waals surface area contributed by atoms with Gasteiger partial charge in [0.1, 0.15) is 6.17 Å². The first-order chi connectivity index (χ1) is 11.3. The number of nitrogens with one attached hydrogen (secondary N) is 3. The van der Waals surface area contributed by atoms with Crippen LogP contribution in [0.15, 0.2) is 47.6 Å². The summed E-state index contributed by atoms with van der Waals surface area (Å²) in [6.07, 6.45) is 1.76. The average Bonchev–Trinajstić information content (AvgIpc) is 3.23. The van der Waals surface area contributed by atoms with Crippen LogP contribution in [0.5, 0.6) is 0 Å². The van der Waals surface area contributed by atoms with E-state index in [-0.39, 0.29) is 18.0 Å². The molecule has 0 bridgehead atoms. The summed E-state index contributed by atoms with van der Waals surface area (Å²) in [6, 6.07) is 11.9. The van der Waals surface area contributed by atoms with Crippen molar-refractivity contribution in [1.82, 2.24) is 25.9 Å². The maximum absolute atomic E-state index is 12.0. The molecule has 2 aliphatic rings. The Morgan fingerprint density at radius 3 is 3.00 bits per heavy atom. The standard InChI is InChI=1S/C15H16N6OS/c22-14-12-8-16-19-13(12)17-15(18-14)23-9-10-6-7-21(20-10)11-4-2-1-3-5-11/h1-7,12-13,16,19H,8-9H2,(H,17,18,22). The van der Waals surface area contributed by atoms with Crippen LogP contribution in [0.25, 0.3) is 5.69 Å². The van der Waals surface area contributed by atoms with Crippen molar-refractivity contribution in [2.45, 2.75) is 11.9 Å². The monoisotopic (exact) mass is 328 g/mol. The Hall–Kier alpha value is -2.16. The number of carbonyl (C=O) groups is 1. The maximum atomic E-state index is 12.0. The van der Waals surface area contributed by atoms with Gasteiger partial charge in [-0.1, -0.05) is 30.0 Å². The van der Waals surface area contributed by atoms with Gasteiger partial charge in [-0.25, -0.2) is 15.1 Å². The Bertz CT molecular complexity index is 743. The minimum Gasteiger partial charge on any atom is -0.305 e. The highest BCUT2D eigenvalue weighted by Crippen LogP contribution is 2.20. The Balaban J connectivity index is 1.42. The maximum Gasteiger partial charge on any atom is 0.233 e. The number of benzene rings is 1. The highest BCUT2D eigenvalue weighted by atomic mass is 32.2. The minimum absolute atomic E-state index is 0.0137. The molecular weight excluding hydrogens is 312 g/mol. The van der Waals surface area contributed by atoms with Crippen molar-refractivity contribution in [3.05, 3.63) is 48.3 Å². The molecule has 2 aromatic rings. The number of aliphatic imine (C=N–C) groups is 1. The average molecular weight is 328 g/mol. The number of nitrogens with zero attached hydrogens (tertiary/aromatic N) is 3. The third kappa shape index (κ3) is 3.00. The van der Waals surface area contributed by atoms with Gasteiger partial charge in [-0.05, 0) is 18.2 Å². The SMILES string of the molecule is O=C1NC(SCc2ccn(-c3ccccc3)n2)=NC2NNCC12. The van der Waals surface area contributed by atoms with E-state index < -0.39 is 0 Å². The van der Waals surface area contributed by atoms with Crippen LogP contribution in [0.1, 0.15) is 5.69 Å². The lowest BCUT2D eigenvalue weighted by molar-refractivity contribution is -0.123. The molecule has 8 heteroatoms. The van der Waals surface area contributed by atoms with E-state index in [4.69, 9.17) is 0 Å². The van der Waals surface area contributed by atoms with Crippen LogP contribution in [-0.4, -0.2) is 33.6 Å². The van der Waals surface area contributed by atoms with Crippen LogP contribution >= 0.6 is 11.8 Å². The van der Waals surface area contributed by atoms with Crippen molar-refractivity contribution in [3.63, 3.8) is 0 Å². The van der Waals surface area contributed by atoms with Gasteiger partial charge >= 0.3 is 0 Å². The first-order valence-electron chi connectivity index (χ1n) is 7.39. The van der Waals surface area contributed by atoms with E-state index in [1.165, 1.54) is 11.8 Å². The lowest BCUT2D eigenvalue weighted by Gasteiger charge is -2.21. The Labute approximate surface area is 137 Å². The van der Waals surface area contributed by atoms with Crippen molar-refractivity contribution >= 4 is 22.8 Å². The number of para-hydroxylation sites is 1. The Kier molecular flexibility index (Phi) is 3.86. The Morgan fingerprint density at radius 1 is 1.26 bits per heavy atom. The van der Waals surface area contributed by atoms with Gasteiger partial charge in [-0.2, -0.15) is 5.10 Å². The molecule has 1 aromatic heterocycles. The number of amides is 1. The molecule has 0 spiro atoms. The molecule has 3 N–H and O–H groups in total. The van der Waals surface area contributed by atoms with Gasteiger partial charge in [0.2, 0.25) is 5.91 Å². The quantitative estimate of drug-likeness (QED) is 0.770. The third-order valence-electron chi connectivity index (χ3n) is 3.80. The third-order valence-corrected chi connectivity index (χ3v) is 4.72. The second kappa shape index (κ2) is 6.15. The summed E-state index contributed by atoms with van der Waals surface area (Å²) in [5.74, 6) is 0.542. The van der Waals surface area contributed by atoms with Crippen LogP contribution in [0.4, 0.5) is 0 Å². The summed E-state index contributed by atoms with van der Waals surface area (Å²) in [5, 5.41) is 8.05. The molecule has 7 nitrogen and oxygen atoms in total. The zero-order chi connectivity index (χ0) is 15.6. The molecule has 118 valence electrons. The smallest absolute Gasteiger partial charge is 0.233 e. The van der Waals surface area contributed by atoms with Gasteiger partial charge in [0.05, 0.1) is 17.3 Å². The topological polar surface area (TPSA) is 83.3 Å². The van der Waals surface area contributed by atoms with Gasteiger partial charge in [-0.15, -0.1) is 0 Å². The summed E-state index contributed by atoms with van der Waals surface area (Å²) < 4.78 is 1.84. The second-order valence-corrected chi connectivity index (χ2v) is 6.34. The molecule has 1 aromatic carbocycles. The second-order valence-electron chi connectivity index (χ2n) is 5.38. The number of thioether (sulfide) groups is 1. The number of hydrazine groups is 1. The number of rotatable bonds is 3. The predicted molar refractivity (Wildman–Crippen MR) is 88.9 cm³/mol. The molecule has 0 radical (unpaired) electrons. The van der Waals surface area contributed by atoms with Gasteiger partial charge in [0.15, 0.2) is 5.17 Å². The number of hydrogen-bond acceptors (Lipinski definition) is 6. The van der Waals surface area contributed by atoms with Crippen LogP contribution < -0.4 is 16.2 Å². The van der Waals surface area contributed by atoms with Crippen LogP contribution in [0, 0.1) is 5.92 Å². The highest BCUT2D eigenvalue weighted by molar-refractivity contribution is 8.13. The van der Waals surface area contributed by atoms with E-state index in [1.807, 2.05) is 47.3 Å². The van der Waals surface area contributed by atoms with Crippen molar-refractivity contribution < 1.29 is 4.79 Å². The van der Waals surface area contributed by atoms with E-state index in [2.05, 4.69) is 26.3 Å². The molecule has 3 heterocycles. The number of amidine groups is 1. The molecule has 2 atom stereocenters. The summed E-state index contributed by atoms with van der Waals surface area (Å²) in [6.45, 7) is 0.611. The molecule has 2 aliphatic heterocycles. The van der Waals surface area contributed by atoms with Crippen molar-refractivity contribution in [1.29, 1.82) is 0 Å². The Morgan fingerprint density at radius 2 is 2.13 bits per heavy atom. The zero-order valence-electron chi connectivity index (χ0n) is 12.3. The first kappa shape index (κ1) is 14.4. The number of carbonyl (C=O) groups excluding carboxylic acids is 1. The zero-order valence-corrected chi connectivity index (χ0v) is 13.1. The number of hydrogen-bond donors (Lipinski definition) is 3. The van der Waals surface area contributed by atoms with Gasteiger partial charge in [0.25, 0.3) is 0 Å². The fraction of sp³-hybridized carbons (Fsp3) is 0.267. The summed E-state index contributed by atoms with van der Waals surface area (Å²) in [7, 11) is 0. The normalized spacial score (nSPS) is 23.3. The lowest BCUT2D eigenvalue weighted by Crippen LogP contribution is -2.46. The molecule has 1 saturated heterocycles. The molecule has 4 rings (SSSR count). The molecule has 1 amide bonds. The molecular formula is C15H16N6OS. The van der Waals surface area contributed by atoms with Crippen LogP contribution in [0.2, 0.25) is 0 Å². The first-order valence-corrected chi connectivity index (χ1v) is 8.38.